The van der Waals surface area contributed by atoms with Crippen molar-refractivity contribution in [2.24, 2.45) is 0 Å². The van der Waals surface area contributed by atoms with Gasteiger partial charge >= 0.3 is 6.16 Å². The van der Waals surface area contributed by atoms with E-state index in [4.69, 9.17) is 11.6 Å². The molecule has 1 heterocycles. The van der Waals surface area contributed by atoms with Gasteiger partial charge in [-0.2, -0.15) is 0 Å². The predicted molar refractivity (Wildman–Crippen MR) is 36.3 cm³/mol. The first kappa shape index (κ1) is 8.33. The zero-order valence-electron chi connectivity index (χ0n) is 6.09. The first-order chi connectivity index (χ1) is 4.93. The highest BCUT2D eigenvalue weighted by Crippen LogP contribution is 2.27. The molecule has 1 rings (SSSR count). The second kappa shape index (κ2) is 2.37. The van der Waals surface area contributed by atoms with Gasteiger partial charge in [-0.05, 0) is 25.4 Å². The van der Waals surface area contributed by atoms with Gasteiger partial charge in [0.05, 0.1) is 0 Å². The van der Waals surface area contributed by atoms with Crippen LogP contribution in [0.4, 0.5) is 4.79 Å². The largest absolute Gasteiger partial charge is 0.509 e. The fraction of sp³-hybridized carbons (Fsp3) is 0.667. The van der Waals surface area contributed by atoms with Crippen molar-refractivity contribution in [3.63, 3.8) is 0 Å². The van der Waals surface area contributed by atoms with Gasteiger partial charge in [0, 0.05) is 0 Å². The van der Waals surface area contributed by atoms with Crippen LogP contribution in [0, 0.1) is 0 Å². The fourth-order valence-corrected chi connectivity index (χ4v) is 1.16. The lowest BCUT2D eigenvalue weighted by molar-refractivity contribution is -0.121. The third-order valence-electron chi connectivity index (χ3n) is 1.40. The highest BCUT2D eigenvalue weighted by Gasteiger charge is 2.47. The van der Waals surface area contributed by atoms with E-state index in [1.165, 1.54) is 0 Å². The SMILES string of the molecule is CC1(C)OC(=O)O[C@H]1C(=O)Cl. The first-order valence-corrected chi connectivity index (χ1v) is 3.40. The summed E-state index contributed by atoms with van der Waals surface area (Å²) in [6.45, 7) is 3.12. The number of hydrogen-bond donors (Lipinski definition) is 0. The molecular formula is C6H7ClO4. The first-order valence-electron chi connectivity index (χ1n) is 3.02. The third-order valence-corrected chi connectivity index (χ3v) is 1.60. The Morgan fingerprint density at radius 2 is 2.18 bits per heavy atom. The molecule has 0 radical (unpaired) electrons. The minimum absolute atomic E-state index is 0.721. The predicted octanol–water partition coefficient (Wildman–Crippen LogP) is 1.07. The molecule has 0 spiro atoms. The Balaban J connectivity index is 2.82. The second-order valence-corrected chi connectivity index (χ2v) is 3.13. The molecule has 4 nitrogen and oxygen atoms in total. The minimum Gasteiger partial charge on any atom is -0.424 e. The summed E-state index contributed by atoms with van der Waals surface area (Å²) in [6, 6.07) is 0. The molecule has 1 aliphatic rings. The lowest BCUT2D eigenvalue weighted by Crippen LogP contribution is -2.37. The standard InChI is InChI=1S/C6H7ClO4/c1-6(2)3(4(7)8)10-5(9)11-6/h3H,1-2H3/t3-/m0/s1. The van der Waals surface area contributed by atoms with Crippen molar-refractivity contribution in [2.45, 2.75) is 25.6 Å². The van der Waals surface area contributed by atoms with Gasteiger partial charge in [0.25, 0.3) is 5.24 Å². The smallest absolute Gasteiger partial charge is 0.424 e. The maximum atomic E-state index is 10.6. The number of carbonyl (C=O) groups is 2. The Bertz CT molecular complexity index is 211. The van der Waals surface area contributed by atoms with Crippen molar-refractivity contribution in [2.75, 3.05) is 0 Å². The van der Waals surface area contributed by atoms with E-state index in [2.05, 4.69) is 9.47 Å². The van der Waals surface area contributed by atoms with Crippen molar-refractivity contribution < 1.29 is 19.1 Å². The van der Waals surface area contributed by atoms with Gasteiger partial charge in [0.15, 0.2) is 5.60 Å². The van der Waals surface area contributed by atoms with Crippen LogP contribution in [0.5, 0.6) is 0 Å². The van der Waals surface area contributed by atoms with Crippen LogP contribution in [0.3, 0.4) is 0 Å². The maximum absolute atomic E-state index is 10.6. The summed E-state index contributed by atoms with van der Waals surface area (Å²) in [6.07, 6.45) is -1.84. The lowest BCUT2D eigenvalue weighted by Gasteiger charge is -2.17. The van der Waals surface area contributed by atoms with Crippen LogP contribution >= 0.6 is 11.6 Å². The Labute approximate surface area is 68.4 Å². The van der Waals surface area contributed by atoms with Crippen molar-refractivity contribution in [1.82, 2.24) is 0 Å². The number of ether oxygens (including phenoxy) is 2. The zero-order valence-corrected chi connectivity index (χ0v) is 6.84. The highest BCUT2D eigenvalue weighted by atomic mass is 35.5. The van der Waals surface area contributed by atoms with E-state index < -0.39 is 23.1 Å². The number of carbonyl (C=O) groups excluding carboxylic acids is 2. The average Bonchev–Trinajstić information content (AvgIpc) is 2.04. The van der Waals surface area contributed by atoms with Gasteiger partial charge in [-0.15, -0.1) is 0 Å². The Hall–Kier alpha value is -0.770. The number of hydrogen-bond acceptors (Lipinski definition) is 4. The summed E-state index contributed by atoms with van der Waals surface area (Å²) in [5.74, 6) is 0. The molecule has 0 aliphatic carbocycles. The van der Waals surface area contributed by atoms with E-state index in [0.29, 0.717) is 0 Å². The molecular weight excluding hydrogens is 172 g/mol. The minimum atomic E-state index is -0.989. The van der Waals surface area contributed by atoms with Gasteiger partial charge in [0.2, 0.25) is 6.10 Å². The molecule has 1 saturated heterocycles. The molecule has 1 aliphatic heterocycles. The zero-order chi connectivity index (χ0) is 8.65. The topological polar surface area (TPSA) is 52.6 Å². The van der Waals surface area contributed by atoms with Crippen LogP contribution in [0.15, 0.2) is 0 Å². The van der Waals surface area contributed by atoms with Gasteiger partial charge in [-0.3, -0.25) is 4.79 Å². The van der Waals surface area contributed by atoms with Gasteiger partial charge in [0.1, 0.15) is 0 Å². The molecule has 0 aromatic carbocycles. The summed E-state index contributed by atoms with van der Waals surface area (Å²) in [5, 5.41) is -0.721. The normalized spacial score (nSPS) is 27.5. The summed E-state index contributed by atoms with van der Waals surface area (Å²) in [5.41, 5.74) is -0.948. The molecule has 0 unspecified atom stereocenters. The molecule has 0 N–H and O–H groups in total. The number of rotatable bonds is 1. The van der Waals surface area contributed by atoms with Crippen molar-refractivity contribution >= 4 is 23.0 Å². The average molecular weight is 179 g/mol. The van der Waals surface area contributed by atoms with E-state index in [9.17, 15) is 9.59 Å². The van der Waals surface area contributed by atoms with Gasteiger partial charge < -0.3 is 9.47 Å². The monoisotopic (exact) mass is 178 g/mol. The van der Waals surface area contributed by atoms with Crippen LogP contribution in [-0.4, -0.2) is 23.1 Å². The molecule has 0 amide bonds. The third kappa shape index (κ3) is 1.45. The van der Waals surface area contributed by atoms with E-state index in [1.54, 1.807) is 13.8 Å². The molecule has 62 valence electrons. The highest BCUT2D eigenvalue weighted by molar-refractivity contribution is 6.64. The van der Waals surface area contributed by atoms with E-state index in [0.717, 1.165) is 0 Å². The van der Waals surface area contributed by atoms with Crippen molar-refractivity contribution in [1.29, 1.82) is 0 Å². The Morgan fingerprint density at radius 3 is 2.36 bits per heavy atom. The number of halogens is 1. The Kier molecular flexibility index (Phi) is 1.80. The van der Waals surface area contributed by atoms with Crippen LogP contribution in [0.25, 0.3) is 0 Å². The molecule has 11 heavy (non-hydrogen) atoms. The van der Waals surface area contributed by atoms with Gasteiger partial charge in [-0.25, -0.2) is 4.79 Å². The molecule has 0 aromatic heterocycles. The van der Waals surface area contributed by atoms with Crippen molar-refractivity contribution in [3.05, 3.63) is 0 Å². The van der Waals surface area contributed by atoms with Crippen LogP contribution in [-0.2, 0) is 14.3 Å². The summed E-state index contributed by atoms with van der Waals surface area (Å²) in [7, 11) is 0. The quantitative estimate of drug-likeness (QED) is 0.445. The van der Waals surface area contributed by atoms with E-state index in [-0.39, 0.29) is 0 Å². The molecule has 0 aromatic rings. The van der Waals surface area contributed by atoms with Crippen LogP contribution in [0.1, 0.15) is 13.8 Å². The summed E-state index contributed by atoms with van der Waals surface area (Å²) < 4.78 is 9.15. The second-order valence-electron chi connectivity index (χ2n) is 2.76. The molecule has 5 heteroatoms. The summed E-state index contributed by atoms with van der Waals surface area (Å²) >= 11 is 5.14. The van der Waals surface area contributed by atoms with Crippen LogP contribution < -0.4 is 0 Å². The Morgan fingerprint density at radius 1 is 1.64 bits per heavy atom. The van der Waals surface area contributed by atoms with Crippen molar-refractivity contribution in [3.8, 4) is 0 Å². The van der Waals surface area contributed by atoms with E-state index in [1.807, 2.05) is 0 Å². The van der Waals surface area contributed by atoms with Gasteiger partial charge in [-0.1, -0.05) is 0 Å². The van der Waals surface area contributed by atoms with E-state index >= 15 is 0 Å². The maximum Gasteiger partial charge on any atom is 0.509 e. The summed E-state index contributed by atoms with van der Waals surface area (Å²) in [4.78, 5) is 21.1. The van der Waals surface area contributed by atoms with Crippen LogP contribution in [0.2, 0.25) is 0 Å². The molecule has 0 saturated carbocycles. The number of cyclic esters (lactones) is 2. The lowest BCUT2D eigenvalue weighted by atomic mass is 10.0. The fourth-order valence-electron chi connectivity index (χ4n) is 0.850. The molecule has 1 fully saturated rings. The molecule has 1 atom stereocenters. The molecule has 0 bridgehead atoms.